The lowest BCUT2D eigenvalue weighted by molar-refractivity contribution is 0.530. The Morgan fingerprint density at radius 3 is 2.66 bits per heavy atom. The minimum absolute atomic E-state index is 0.253. The van der Waals surface area contributed by atoms with Gasteiger partial charge in [0.2, 0.25) is 0 Å². The van der Waals surface area contributed by atoms with Crippen molar-refractivity contribution < 1.29 is 4.42 Å². The number of furan rings is 1. The van der Waals surface area contributed by atoms with Gasteiger partial charge < -0.3 is 4.42 Å². The molecule has 0 amide bonds. The van der Waals surface area contributed by atoms with E-state index in [1.165, 1.54) is 0 Å². The Balaban J connectivity index is 1.62. The molecule has 1 unspecified atom stereocenters. The fourth-order valence-corrected chi connectivity index (χ4v) is 3.80. The van der Waals surface area contributed by atoms with Crippen LogP contribution in [0, 0.1) is 0 Å². The molecule has 0 spiro atoms. The van der Waals surface area contributed by atoms with Crippen molar-refractivity contribution in [3.05, 3.63) is 102 Å². The van der Waals surface area contributed by atoms with Crippen molar-refractivity contribution >= 4 is 27.5 Å². The van der Waals surface area contributed by atoms with Crippen LogP contribution in [-0.4, -0.2) is 24.8 Å². The van der Waals surface area contributed by atoms with Crippen LogP contribution in [0.3, 0.4) is 0 Å². The number of para-hydroxylation sites is 1. The van der Waals surface area contributed by atoms with E-state index in [0.717, 1.165) is 33.2 Å². The van der Waals surface area contributed by atoms with Crippen LogP contribution in [-0.2, 0) is 0 Å². The van der Waals surface area contributed by atoms with Crippen molar-refractivity contribution in [2.45, 2.75) is 5.92 Å². The van der Waals surface area contributed by atoms with Crippen molar-refractivity contribution in [2.24, 2.45) is 0 Å². The molecule has 29 heavy (non-hydrogen) atoms. The lowest BCUT2D eigenvalue weighted by atomic mass is 9.94. The Morgan fingerprint density at radius 2 is 1.69 bits per heavy atom. The number of fused-ring (bicyclic) bond motifs is 3. The van der Waals surface area contributed by atoms with E-state index in [0.29, 0.717) is 11.5 Å². The molecule has 6 rings (SSSR count). The summed E-state index contributed by atoms with van der Waals surface area (Å²) in [6, 6.07) is 24.0. The fourth-order valence-electron chi connectivity index (χ4n) is 3.80. The average molecular weight is 377 g/mol. The van der Waals surface area contributed by atoms with Crippen LogP contribution < -0.4 is 0 Å². The molecule has 0 aliphatic carbocycles. The maximum Gasteiger partial charge on any atom is 0.177 e. The zero-order valence-electron chi connectivity index (χ0n) is 15.3. The van der Waals surface area contributed by atoms with Crippen LogP contribution in [0.5, 0.6) is 0 Å². The first kappa shape index (κ1) is 15.9. The highest BCUT2D eigenvalue weighted by molar-refractivity contribution is 5.80. The van der Waals surface area contributed by atoms with Crippen molar-refractivity contribution in [3.8, 4) is 0 Å². The van der Waals surface area contributed by atoms with Gasteiger partial charge in [0.1, 0.15) is 17.3 Å². The van der Waals surface area contributed by atoms with Crippen LogP contribution in [0.2, 0.25) is 0 Å². The quantitative estimate of drug-likeness (QED) is 0.451. The molecule has 0 saturated heterocycles. The van der Waals surface area contributed by atoms with Crippen molar-refractivity contribution in [1.82, 2.24) is 24.8 Å². The van der Waals surface area contributed by atoms with E-state index in [-0.39, 0.29) is 5.92 Å². The fraction of sp³-hybridized carbons (Fsp3) is 0.0435. The summed E-state index contributed by atoms with van der Waals surface area (Å²) < 4.78 is 8.01. The molecule has 0 aliphatic rings. The third-order valence-electron chi connectivity index (χ3n) is 5.15. The van der Waals surface area contributed by atoms with Gasteiger partial charge in [0.25, 0.3) is 0 Å². The minimum Gasteiger partial charge on any atom is -0.460 e. The van der Waals surface area contributed by atoms with Crippen LogP contribution in [0.15, 0.2) is 89.6 Å². The van der Waals surface area contributed by atoms with Gasteiger partial charge >= 0.3 is 0 Å². The molecule has 138 valence electrons. The van der Waals surface area contributed by atoms with Gasteiger partial charge in [-0.15, -0.1) is 10.2 Å². The molecule has 0 aliphatic heterocycles. The second-order valence-electron chi connectivity index (χ2n) is 6.93. The van der Waals surface area contributed by atoms with Gasteiger partial charge in [0.05, 0.1) is 5.52 Å². The first-order valence-electron chi connectivity index (χ1n) is 9.36. The van der Waals surface area contributed by atoms with E-state index in [9.17, 15) is 0 Å². The van der Waals surface area contributed by atoms with Gasteiger partial charge in [0, 0.05) is 23.2 Å². The van der Waals surface area contributed by atoms with Crippen LogP contribution in [0.25, 0.3) is 27.5 Å². The molecule has 0 fully saturated rings. The van der Waals surface area contributed by atoms with Gasteiger partial charge in [-0.05, 0) is 48.0 Å². The highest BCUT2D eigenvalue weighted by Gasteiger charge is 2.27. The Bertz CT molecular complexity index is 1450. The number of aromatic nitrogens is 5. The number of hydrogen-bond acceptors (Lipinski definition) is 5. The third kappa shape index (κ3) is 2.57. The molecule has 6 heteroatoms. The monoisotopic (exact) mass is 377 g/mol. The van der Waals surface area contributed by atoms with E-state index in [2.05, 4.69) is 44.5 Å². The smallest absolute Gasteiger partial charge is 0.177 e. The molecular weight excluding hydrogens is 362 g/mol. The SMILES string of the molecule is c1cnc2ccc(C(c3cc4ccccc4o3)c3nnc4cccnn34)cc2c1. The zero-order chi connectivity index (χ0) is 19.2. The summed E-state index contributed by atoms with van der Waals surface area (Å²) in [5.41, 5.74) is 3.54. The van der Waals surface area contributed by atoms with Crippen molar-refractivity contribution in [1.29, 1.82) is 0 Å². The molecular formula is C23H15N5O. The van der Waals surface area contributed by atoms with Crippen LogP contribution in [0.4, 0.5) is 0 Å². The predicted molar refractivity (Wildman–Crippen MR) is 110 cm³/mol. The zero-order valence-corrected chi connectivity index (χ0v) is 15.3. The maximum atomic E-state index is 6.24. The van der Waals surface area contributed by atoms with E-state index in [1.807, 2.05) is 48.5 Å². The van der Waals surface area contributed by atoms with E-state index in [4.69, 9.17) is 4.42 Å². The van der Waals surface area contributed by atoms with Crippen molar-refractivity contribution in [3.63, 3.8) is 0 Å². The van der Waals surface area contributed by atoms with Crippen LogP contribution in [0.1, 0.15) is 23.1 Å². The summed E-state index contributed by atoms with van der Waals surface area (Å²) in [5.74, 6) is 1.26. The molecule has 0 saturated carbocycles. The van der Waals surface area contributed by atoms with Gasteiger partial charge in [-0.25, -0.2) is 0 Å². The average Bonchev–Trinajstić information content (AvgIpc) is 3.39. The minimum atomic E-state index is -0.253. The Kier molecular flexibility index (Phi) is 3.43. The summed E-state index contributed by atoms with van der Waals surface area (Å²) in [5, 5.41) is 15.4. The Labute approximate surface area is 165 Å². The number of pyridine rings is 1. The molecule has 6 nitrogen and oxygen atoms in total. The molecule has 0 bridgehead atoms. The maximum absolute atomic E-state index is 6.24. The molecule has 4 heterocycles. The number of rotatable bonds is 3. The van der Waals surface area contributed by atoms with Gasteiger partial charge in [-0.3, -0.25) is 4.98 Å². The number of benzene rings is 2. The molecule has 0 N–H and O–H groups in total. The normalized spacial score (nSPS) is 12.7. The first-order chi connectivity index (χ1) is 14.4. The first-order valence-corrected chi connectivity index (χ1v) is 9.36. The summed E-state index contributed by atoms with van der Waals surface area (Å²) in [7, 11) is 0. The Morgan fingerprint density at radius 1 is 0.793 bits per heavy atom. The molecule has 6 aromatic rings. The summed E-state index contributed by atoms with van der Waals surface area (Å²) in [4.78, 5) is 4.43. The lowest BCUT2D eigenvalue weighted by Gasteiger charge is -2.14. The summed E-state index contributed by atoms with van der Waals surface area (Å²) >= 11 is 0. The van der Waals surface area contributed by atoms with Crippen LogP contribution >= 0.6 is 0 Å². The second kappa shape index (κ2) is 6.24. The molecule has 2 aromatic carbocycles. The Hall–Kier alpha value is -4.06. The highest BCUT2D eigenvalue weighted by Crippen LogP contribution is 2.35. The number of hydrogen-bond donors (Lipinski definition) is 0. The van der Waals surface area contributed by atoms with E-state index in [1.54, 1.807) is 16.9 Å². The topological polar surface area (TPSA) is 69.1 Å². The largest absolute Gasteiger partial charge is 0.460 e. The summed E-state index contributed by atoms with van der Waals surface area (Å²) in [6.07, 6.45) is 3.54. The molecule has 4 aromatic heterocycles. The summed E-state index contributed by atoms with van der Waals surface area (Å²) in [6.45, 7) is 0. The standard InChI is InChI=1S/C23H15N5O/c1-2-7-19-16(5-1)14-20(29-19)22(23-27-26-21-8-4-12-25-28(21)23)17-9-10-18-15(13-17)6-3-11-24-18/h1-14,22H. The molecule has 0 radical (unpaired) electrons. The highest BCUT2D eigenvalue weighted by atomic mass is 16.3. The van der Waals surface area contributed by atoms with Gasteiger partial charge in [-0.2, -0.15) is 9.61 Å². The third-order valence-corrected chi connectivity index (χ3v) is 5.15. The van der Waals surface area contributed by atoms with E-state index < -0.39 is 0 Å². The van der Waals surface area contributed by atoms with Crippen molar-refractivity contribution in [2.75, 3.05) is 0 Å². The molecule has 1 atom stereocenters. The second-order valence-corrected chi connectivity index (χ2v) is 6.93. The number of nitrogens with zero attached hydrogens (tertiary/aromatic N) is 5. The van der Waals surface area contributed by atoms with Gasteiger partial charge in [-0.1, -0.05) is 30.3 Å². The lowest BCUT2D eigenvalue weighted by Crippen LogP contribution is -2.09. The predicted octanol–water partition coefficient (Wildman–Crippen LogP) is 4.60. The van der Waals surface area contributed by atoms with E-state index >= 15 is 0 Å². The van der Waals surface area contributed by atoms with Gasteiger partial charge in [0.15, 0.2) is 11.5 Å².